The molecule has 0 unspecified atom stereocenters. The second-order valence-corrected chi connectivity index (χ2v) is 10.1. The van der Waals surface area contributed by atoms with E-state index in [1.165, 1.54) is 12.8 Å². The largest absolute Gasteiger partial charge is 0.387 e. The Kier molecular flexibility index (Phi) is 6.54. The number of nitrogens with one attached hydrogen (secondary N) is 1. The van der Waals surface area contributed by atoms with Crippen LogP contribution in [0, 0.1) is 5.92 Å². The molecule has 0 radical (unpaired) electrons. The van der Waals surface area contributed by atoms with Crippen molar-refractivity contribution in [2.24, 2.45) is 5.92 Å². The summed E-state index contributed by atoms with van der Waals surface area (Å²) in [5, 5.41) is 14.5. The van der Waals surface area contributed by atoms with Crippen molar-refractivity contribution in [3.63, 3.8) is 0 Å². The third kappa shape index (κ3) is 4.86. The molecule has 1 saturated carbocycles. The molecular weight excluding hydrogens is 438 g/mol. The average molecular weight is 470 g/mol. The van der Waals surface area contributed by atoms with Gasteiger partial charge in [0.15, 0.2) is 0 Å². The molecule has 1 aliphatic heterocycles. The number of halogens is 1. The first-order chi connectivity index (χ1) is 16.0. The summed E-state index contributed by atoms with van der Waals surface area (Å²) < 4.78 is 0. The van der Waals surface area contributed by atoms with Crippen LogP contribution in [-0.4, -0.2) is 65.2 Å². The number of fused-ring (bicyclic) bond motifs is 1. The first kappa shape index (κ1) is 22.6. The number of amides is 1. The molecule has 0 bridgehead atoms. The zero-order valence-electron chi connectivity index (χ0n) is 19.1. The minimum atomic E-state index is -0.511. The Labute approximate surface area is 200 Å². The third-order valence-corrected chi connectivity index (χ3v) is 7.47. The van der Waals surface area contributed by atoms with Gasteiger partial charge < -0.3 is 20.2 Å². The Hall–Kier alpha value is -2.22. The summed E-state index contributed by atoms with van der Waals surface area (Å²) >= 11 is 6.09. The molecule has 176 valence electrons. The van der Waals surface area contributed by atoms with Crippen molar-refractivity contribution >= 4 is 23.3 Å². The Balaban J connectivity index is 1.27. The van der Waals surface area contributed by atoms with Gasteiger partial charge in [0.05, 0.1) is 17.7 Å². The molecule has 2 N–H and O–H groups in total. The van der Waals surface area contributed by atoms with Crippen LogP contribution in [0.1, 0.15) is 60.9 Å². The van der Waals surface area contributed by atoms with E-state index >= 15 is 0 Å². The van der Waals surface area contributed by atoms with Crippen molar-refractivity contribution in [1.82, 2.24) is 20.2 Å². The number of carbonyl (C=O) groups excluding carboxylic acids is 1. The highest BCUT2D eigenvalue weighted by Gasteiger charge is 2.35. The number of carbonyl (C=O) groups is 1. The minimum Gasteiger partial charge on any atom is -0.387 e. The van der Waals surface area contributed by atoms with Gasteiger partial charge in [0.2, 0.25) is 5.91 Å². The smallest absolute Gasteiger partial charge is 0.231 e. The van der Waals surface area contributed by atoms with Gasteiger partial charge in [-0.1, -0.05) is 30.7 Å². The Morgan fingerprint density at radius 2 is 1.91 bits per heavy atom. The van der Waals surface area contributed by atoms with Gasteiger partial charge in [0.1, 0.15) is 12.1 Å². The number of hydrogen-bond acceptors (Lipinski definition) is 6. The lowest BCUT2D eigenvalue weighted by Crippen LogP contribution is -2.51. The molecule has 1 aromatic heterocycles. The van der Waals surface area contributed by atoms with E-state index in [0.29, 0.717) is 31.1 Å². The molecule has 1 aromatic carbocycles. The lowest BCUT2D eigenvalue weighted by Gasteiger charge is -2.38. The van der Waals surface area contributed by atoms with Gasteiger partial charge in [0.25, 0.3) is 0 Å². The number of nitrogens with zero attached hydrogens (tertiary/aromatic N) is 4. The molecule has 0 spiro atoms. The molecular formula is C25H32ClN5O2. The van der Waals surface area contributed by atoms with E-state index in [1.54, 1.807) is 6.33 Å². The van der Waals surface area contributed by atoms with Crippen molar-refractivity contribution < 1.29 is 9.90 Å². The summed E-state index contributed by atoms with van der Waals surface area (Å²) in [6.07, 6.45) is 4.31. The first-order valence-corrected chi connectivity index (χ1v) is 12.4. The number of anilines is 1. The molecule has 2 heterocycles. The zero-order chi connectivity index (χ0) is 22.9. The first-order valence-electron chi connectivity index (χ1n) is 12.0. The number of aromatic nitrogens is 2. The van der Waals surface area contributed by atoms with E-state index in [4.69, 9.17) is 11.6 Å². The molecule has 1 amide bonds. The molecule has 2 aromatic rings. The lowest BCUT2D eigenvalue weighted by molar-refractivity contribution is -0.133. The van der Waals surface area contributed by atoms with Crippen molar-refractivity contribution in [3.8, 4) is 0 Å². The fourth-order valence-electron chi connectivity index (χ4n) is 5.11. The molecule has 5 rings (SSSR count). The fraction of sp³-hybridized carbons (Fsp3) is 0.560. The summed E-state index contributed by atoms with van der Waals surface area (Å²) in [5.41, 5.74) is 2.83. The zero-order valence-corrected chi connectivity index (χ0v) is 19.8. The van der Waals surface area contributed by atoms with Crippen LogP contribution in [0.2, 0.25) is 5.02 Å². The second-order valence-electron chi connectivity index (χ2n) is 9.67. The maximum Gasteiger partial charge on any atom is 0.231 e. The number of rotatable bonds is 7. The highest BCUT2D eigenvalue weighted by Crippen LogP contribution is 2.42. The van der Waals surface area contributed by atoms with Gasteiger partial charge in [-0.15, -0.1) is 0 Å². The van der Waals surface area contributed by atoms with E-state index < -0.39 is 6.10 Å². The second kappa shape index (κ2) is 9.57. The van der Waals surface area contributed by atoms with Gasteiger partial charge in [-0.2, -0.15) is 0 Å². The minimum absolute atomic E-state index is 0.164. The lowest BCUT2D eigenvalue weighted by atomic mass is 9.97. The third-order valence-electron chi connectivity index (χ3n) is 7.22. The molecule has 3 aliphatic rings. The van der Waals surface area contributed by atoms with Crippen LogP contribution in [0.4, 0.5) is 5.82 Å². The fourth-order valence-corrected chi connectivity index (χ4v) is 5.24. The number of aliphatic hydroxyl groups is 1. The Morgan fingerprint density at radius 3 is 2.61 bits per heavy atom. The molecule has 8 heteroatoms. The monoisotopic (exact) mass is 469 g/mol. The van der Waals surface area contributed by atoms with Crippen LogP contribution >= 0.6 is 11.6 Å². The predicted molar refractivity (Wildman–Crippen MR) is 129 cm³/mol. The van der Waals surface area contributed by atoms with E-state index in [9.17, 15) is 9.90 Å². The number of hydrogen-bond donors (Lipinski definition) is 2. The van der Waals surface area contributed by atoms with Crippen LogP contribution in [0.3, 0.4) is 0 Å². The number of aliphatic hydroxyl groups excluding tert-OH is 1. The van der Waals surface area contributed by atoms with Gasteiger partial charge in [-0.25, -0.2) is 9.97 Å². The maximum absolute atomic E-state index is 13.6. The summed E-state index contributed by atoms with van der Waals surface area (Å²) in [5.74, 6) is 1.86. The van der Waals surface area contributed by atoms with E-state index in [-0.39, 0.29) is 17.7 Å². The van der Waals surface area contributed by atoms with Crippen LogP contribution in [-0.2, 0) is 4.79 Å². The van der Waals surface area contributed by atoms with Gasteiger partial charge in [0, 0.05) is 43.3 Å². The highest BCUT2D eigenvalue weighted by molar-refractivity contribution is 6.30. The Bertz CT molecular complexity index is 989. The predicted octanol–water partition coefficient (Wildman–Crippen LogP) is 3.10. The highest BCUT2D eigenvalue weighted by atomic mass is 35.5. The summed E-state index contributed by atoms with van der Waals surface area (Å²) in [6.45, 7) is 6.50. The average Bonchev–Trinajstić information content (AvgIpc) is 3.61. The van der Waals surface area contributed by atoms with Crippen LogP contribution in [0.15, 0.2) is 30.6 Å². The van der Waals surface area contributed by atoms with Crippen LogP contribution in [0.5, 0.6) is 0 Å². The molecule has 2 fully saturated rings. The maximum atomic E-state index is 13.6. The van der Waals surface area contributed by atoms with E-state index in [1.807, 2.05) is 29.2 Å². The molecule has 7 nitrogen and oxygen atoms in total. The van der Waals surface area contributed by atoms with Crippen molar-refractivity contribution in [2.45, 2.75) is 44.1 Å². The van der Waals surface area contributed by atoms with Crippen LogP contribution in [0.25, 0.3) is 0 Å². The normalized spacial score (nSPS) is 23.5. The number of piperazine rings is 1. The quantitative estimate of drug-likeness (QED) is 0.648. The van der Waals surface area contributed by atoms with E-state index in [2.05, 4.69) is 27.1 Å². The molecule has 1 saturated heterocycles. The van der Waals surface area contributed by atoms with Gasteiger partial charge >= 0.3 is 0 Å². The topological polar surface area (TPSA) is 81.6 Å². The summed E-state index contributed by atoms with van der Waals surface area (Å²) in [4.78, 5) is 26.7. The summed E-state index contributed by atoms with van der Waals surface area (Å²) in [6, 6.07) is 7.66. The summed E-state index contributed by atoms with van der Waals surface area (Å²) in [7, 11) is 0. The number of benzene rings is 1. The molecule has 2 aliphatic carbocycles. The SMILES string of the molecule is C[C@@H]1C[C@H](O)c2ncnc(N3CCN(C(=O)[C@H](CNCC4CC4)c4ccc(Cl)cc4)CC3)c21. The van der Waals surface area contributed by atoms with E-state index in [0.717, 1.165) is 48.2 Å². The standard InChI is InChI=1S/C25H32ClN5O2/c1-16-12-21(32)23-22(16)24(29-15-28-23)30-8-10-31(11-9-30)25(33)20(14-27-13-17-2-3-17)18-4-6-19(26)7-5-18/h4-7,15-17,20-21,27,32H,2-3,8-14H2,1H3/t16-,20-,21+/m1/s1. The van der Waals surface area contributed by atoms with Crippen molar-refractivity contribution in [3.05, 3.63) is 52.4 Å². The van der Waals surface area contributed by atoms with Crippen LogP contribution < -0.4 is 10.2 Å². The molecule has 3 atom stereocenters. The van der Waals surface area contributed by atoms with Crippen molar-refractivity contribution in [1.29, 1.82) is 0 Å². The van der Waals surface area contributed by atoms with Gasteiger partial charge in [-0.3, -0.25) is 4.79 Å². The Morgan fingerprint density at radius 1 is 1.18 bits per heavy atom. The van der Waals surface area contributed by atoms with Crippen molar-refractivity contribution in [2.75, 3.05) is 44.2 Å². The van der Waals surface area contributed by atoms with Gasteiger partial charge in [-0.05, 0) is 55.3 Å². The molecule has 33 heavy (non-hydrogen) atoms.